The molecular weight excluding hydrogens is 343 g/mol. The number of hydrogen-bond donors (Lipinski definition) is 1. The lowest BCUT2D eigenvalue weighted by atomic mass is 10.1. The molecule has 1 aromatic carbocycles. The molecule has 2 aromatic rings. The number of hydrogen-bond acceptors (Lipinski definition) is 3. The molecule has 26 heavy (non-hydrogen) atoms. The lowest BCUT2D eigenvalue weighted by Crippen LogP contribution is -2.30. The Balaban J connectivity index is 2.38. The molecule has 0 spiro atoms. The number of benzene rings is 1. The standard InChI is InChI=1S/C19H20F3N3O/c1-11(2)25-18(26)17-16(12(3)7-8-23-17)24-10-14-5-6-15(9-13(14)4)19(20,21)22/h5-11H,1-4H3,(H,25,26). The smallest absolute Gasteiger partial charge is 0.348 e. The Hall–Kier alpha value is -2.70. The highest BCUT2D eigenvalue weighted by molar-refractivity contribution is 5.99. The monoisotopic (exact) mass is 363 g/mol. The van der Waals surface area contributed by atoms with E-state index in [1.807, 2.05) is 13.8 Å². The second-order valence-electron chi connectivity index (χ2n) is 6.28. The van der Waals surface area contributed by atoms with Crippen molar-refractivity contribution in [2.24, 2.45) is 4.99 Å². The van der Waals surface area contributed by atoms with Crippen LogP contribution in [0.5, 0.6) is 0 Å². The maximum atomic E-state index is 12.8. The van der Waals surface area contributed by atoms with Gasteiger partial charge in [0.1, 0.15) is 0 Å². The van der Waals surface area contributed by atoms with E-state index in [1.54, 1.807) is 19.9 Å². The minimum Gasteiger partial charge on any atom is -0.348 e. The van der Waals surface area contributed by atoms with E-state index in [1.165, 1.54) is 18.5 Å². The van der Waals surface area contributed by atoms with Crippen LogP contribution in [-0.4, -0.2) is 23.1 Å². The van der Waals surface area contributed by atoms with Gasteiger partial charge in [-0.25, -0.2) is 4.98 Å². The van der Waals surface area contributed by atoms with E-state index in [4.69, 9.17) is 0 Å². The fraction of sp³-hybridized carbons (Fsp3) is 0.316. The topological polar surface area (TPSA) is 54.4 Å². The first-order chi connectivity index (χ1) is 12.1. The number of nitrogens with zero attached hydrogens (tertiary/aromatic N) is 2. The van der Waals surface area contributed by atoms with Crippen LogP contribution in [-0.2, 0) is 6.18 Å². The first-order valence-electron chi connectivity index (χ1n) is 8.08. The molecule has 1 N–H and O–H groups in total. The van der Waals surface area contributed by atoms with E-state index in [2.05, 4.69) is 15.3 Å². The number of rotatable bonds is 4. The van der Waals surface area contributed by atoms with E-state index < -0.39 is 11.7 Å². The summed E-state index contributed by atoms with van der Waals surface area (Å²) in [6.45, 7) is 7.05. The van der Waals surface area contributed by atoms with Gasteiger partial charge in [0, 0.05) is 18.5 Å². The number of aliphatic imine (C=N–C) groups is 1. The quantitative estimate of drug-likeness (QED) is 0.807. The molecule has 2 rings (SSSR count). The number of carbonyl (C=O) groups excluding carboxylic acids is 1. The fourth-order valence-electron chi connectivity index (χ4n) is 2.34. The molecule has 1 heterocycles. The zero-order chi connectivity index (χ0) is 19.5. The maximum Gasteiger partial charge on any atom is 0.416 e. The van der Waals surface area contributed by atoms with E-state index in [0.29, 0.717) is 16.8 Å². The lowest BCUT2D eigenvalue weighted by Gasteiger charge is -2.11. The van der Waals surface area contributed by atoms with Crippen LogP contribution < -0.4 is 5.32 Å². The molecular formula is C19H20F3N3O. The van der Waals surface area contributed by atoms with Crippen LogP contribution in [0.15, 0.2) is 35.5 Å². The van der Waals surface area contributed by atoms with Crippen molar-refractivity contribution in [3.05, 3.63) is 58.4 Å². The van der Waals surface area contributed by atoms with Gasteiger partial charge in [0.15, 0.2) is 5.69 Å². The molecule has 0 saturated heterocycles. The van der Waals surface area contributed by atoms with Crippen LogP contribution in [0.4, 0.5) is 18.9 Å². The van der Waals surface area contributed by atoms with Gasteiger partial charge in [-0.1, -0.05) is 6.07 Å². The fourth-order valence-corrected chi connectivity index (χ4v) is 2.34. The highest BCUT2D eigenvalue weighted by atomic mass is 19.4. The van der Waals surface area contributed by atoms with Gasteiger partial charge in [0.2, 0.25) is 0 Å². The van der Waals surface area contributed by atoms with Crippen LogP contribution >= 0.6 is 0 Å². The largest absolute Gasteiger partial charge is 0.416 e. The average molecular weight is 363 g/mol. The van der Waals surface area contributed by atoms with Crippen molar-refractivity contribution < 1.29 is 18.0 Å². The molecule has 0 fully saturated rings. The number of pyridine rings is 1. The zero-order valence-electron chi connectivity index (χ0n) is 15.0. The number of carbonyl (C=O) groups is 1. The molecule has 0 saturated carbocycles. The molecule has 0 aliphatic rings. The van der Waals surface area contributed by atoms with Crippen molar-refractivity contribution in [3.63, 3.8) is 0 Å². The van der Waals surface area contributed by atoms with Gasteiger partial charge in [-0.2, -0.15) is 13.2 Å². The normalized spacial score (nSPS) is 12.0. The summed E-state index contributed by atoms with van der Waals surface area (Å²) < 4.78 is 38.3. The summed E-state index contributed by atoms with van der Waals surface area (Å²) in [5, 5.41) is 2.76. The highest BCUT2D eigenvalue weighted by Crippen LogP contribution is 2.30. The molecule has 0 atom stereocenters. The SMILES string of the molecule is Cc1cc(C(F)(F)F)ccc1C=Nc1c(C)ccnc1C(=O)NC(C)C. The second-order valence-corrected chi connectivity index (χ2v) is 6.28. The second kappa shape index (κ2) is 7.68. The van der Waals surface area contributed by atoms with Crippen LogP contribution in [0.3, 0.4) is 0 Å². The summed E-state index contributed by atoms with van der Waals surface area (Å²) in [7, 11) is 0. The molecule has 0 radical (unpaired) electrons. The summed E-state index contributed by atoms with van der Waals surface area (Å²) in [6.07, 6.45) is -1.42. The minimum atomic E-state index is -4.39. The van der Waals surface area contributed by atoms with Crippen LogP contribution in [0.25, 0.3) is 0 Å². The van der Waals surface area contributed by atoms with Gasteiger partial charge in [-0.15, -0.1) is 0 Å². The van der Waals surface area contributed by atoms with Gasteiger partial charge in [-0.05, 0) is 62.6 Å². The maximum absolute atomic E-state index is 12.8. The van der Waals surface area contributed by atoms with Crippen molar-refractivity contribution in [2.75, 3.05) is 0 Å². The predicted octanol–water partition coefficient (Wildman–Crippen LogP) is 4.61. The van der Waals surface area contributed by atoms with Gasteiger partial charge in [0.05, 0.1) is 11.3 Å². The van der Waals surface area contributed by atoms with Gasteiger partial charge in [-0.3, -0.25) is 9.79 Å². The Bertz CT molecular complexity index is 842. The van der Waals surface area contributed by atoms with E-state index in [-0.39, 0.29) is 17.6 Å². The Morgan fingerprint density at radius 2 is 1.88 bits per heavy atom. The third-order valence-electron chi connectivity index (χ3n) is 3.69. The minimum absolute atomic E-state index is 0.0567. The predicted molar refractivity (Wildman–Crippen MR) is 95.0 cm³/mol. The third-order valence-corrected chi connectivity index (χ3v) is 3.69. The lowest BCUT2D eigenvalue weighted by molar-refractivity contribution is -0.137. The van der Waals surface area contributed by atoms with Crippen molar-refractivity contribution >= 4 is 17.8 Å². The van der Waals surface area contributed by atoms with Crippen molar-refractivity contribution in [2.45, 2.75) is 39.9 Å². The molecule has 1 aromatic heterocycles. The first kappa shape index (κ1) is 19.6. The first-order valence-corrected chi connectivity index (χ1v) is 8.08. The Morgan fingerprint density at radius 3 is 2.46 bits per heavy atom. The van der Waals surface area contributed by atoms with Crippen LogP contribution in [0.1, 0.15) is 46.6 Å². The third kappa shape index (κ3) is 4.68. The van der Waals surface area contributed by atoms with E-state index >= 15 is 0 Å². The van der Waals surface area contributed by atoms with Crippen molar-refractivity contribution in [1.82, 2.24) is 10.3 Å². The number of aromatic nitrogens is 1. The summed E-state index contributed by atoms with van der Waals surface area (Å²) in [6, 6.07) is 5.11. The molecule has 0 aliphatic heterocycles. The Kier molecular flexibility index (Phi) is 5.79. The molecule has 1 amide bonds. The van der Waals surface area contributed by atoms with Gasteiger partial charge < -0.3 is 5.32 Å². The molecule has 138 valence electrons. The molecule has 4 nitrogen and oxygen atoms in total. The number of halogens is 3. The number of alkyl halides is 3. The number of aryl methyl sites for hydroxylation is 2. The van der Waals surface area contributed by atoms with E-state index in [9.17, 15) is 18.0 Å². The number of amides is 1. The molecule has 7 heteroatoms. The Labute approximate surface area is 150 Å². The summed E-state index contributed by atoms with van der Waals surface area (Å²) >= 11 is 0. The highest BCUT2D eigenvalue weighted by Gasteiger charge is 2.30. The average Bonchev–Trinajstić information content (AvgIpc) is 2.52. The number of nitrogens with one attached hydrogen (secondary N) is 1. The van der Waals surface area contributed by atoms with E-state index in [0.717, 1.165) is 17.7 Å². The van der Waals surface area contributed by atoms with Gasteiger partial charge >= 0.3 is 6.18 Å². The molecule has 0 unspecified atom stereocenters. The van der Waals surface area contributed by atoms with Crippen LogP contribution in [0, 0.1) is 13.8 Å². The molecule has 0 bridgehead atoms. The summed E-state index contributed by atoms with van der Waals surface area (Å²) in [5.74, 6) is -0.347. The van der Waals surface area contributed by atoms with Crippen molar-refractivity contribution in [3.8, 4) is 0 Å². The van der Waals surface area contributed by atoms with Crippen molar-refractivity contribution in [1.29, 1.82) is 0 Å². The molecule has 0 aliphatic carbocycles. The summed E-state index contributed by atoms with van der Waals surface area (Å²) in [5.41, 5.74) is 1.59. The zero-order valence-corrected chi connectivity index (χ0v) is 15.0. The Morgan fingerprint density at radius 1 is 1.19 bits per heavy atom. The summed E-state index contributed by atoms with van der Waals surface area (Å²) in [4.78, 5) is 20.7. The van der Waals surface area contributed by atoms with Gasteiger partial charge in [0.25, 0.3) is 5.91 Å². The van der Waals surface area contributed by atoms with Crippen LogP contribution in [0.2, 0.25) is 0 Å².